The fourth-order valence-corrected chi connectivity index (χ4v) is 2.06. The molecule has 0 aliphatic carbocycles. The molecule has 0 aliphatic heterocycles. The Morgan fingerprint density at radius 2 is 1.43 bits per heavy atom. The Kier molecular flexibility index (Phi) is 10.9. The van der Waals surface area contributed by atoms with E-state index < -0.39 is 0 Å². The topological polar surface area (TPSA) is 39.7 Å². The van der Waals surface area contributed by atoms with Crippen LogP contribution in [0.3, 0.4) is 0 Å². The summed E-state index contributed by atoms with van der Waals surface area (Å²) in [6.45, 7) is 13.4. The Balaban J connectivity index is 1.91. The molecule has 0 radical (unpaired) electrons. The molecule has 4 nitrogen and oxygen atoms in total. The second-order valence-electron chi connectivity index (χ2n) is 6.22. The lowest BCUT2D eigenvalue weighted by molar-refractivity contribution is -0.00106. The van der Waals surface area contributed by atoms with E-state index in [2.05, 4.69) is 43.4 Å². The predicted molar refractivity (Wildman–Crippen MR) is 95.0 cm³/mol. The van der Waals surface area contributed by atoms with Crippen LogP contribution in [-0.4, -0.2) is 45.7 Å². The van der Waals surface area contributed by atoms with E-state index in [4.69, 9.17) is 14.2 Å². The summed E-state index contributed by atoms with van der Waals surface area (Å²) in [6.07, 6.45) is 0.266. The number of benzene rings is 1. The van der Waals surface area contributed by atoms with Gasteiger partial charge in [0, 0.05) is 13.1 Å². The van der Waals surface area contributed by atoms with E-state index in [0.717, 1.165) is 13.1 Å². The normalized spacial score (nSPS) is 11.6. The van der Waals surface area contributed by atoms with Crippen LogP contribution in [0.4, 0.5) is 0 Å². The molecule has 0 aliphatic rings. The van der Waals surface area contributed by atoms with Crippen LogP contribution in [0.5, 0.6) is 0 Å². The van der Waals surface area contributed by atoms with Crippen molar-refractivity contribution in [3.05, 3.63) is 35.4 Å². The van der Waals surface area contributed by atoms with E-state index in [-0.39, 0.29) is 6.10 Å². The van der Waals surface area contributed by atoms with Crippen molar-refractivity contribution in [1.29, 1.82) is 0 Å². The monoisotopic (exact) mass is 323 g/mol. The van der Waals surface area contributed by atoms with Crippen molar-refractivity contribution in [2.75, 3.05) is 39.6 Å². The Morgan fingerprint density at radius 3 is 2.04 bits per heavy atom. The van der Waals surface area contributed by atoms with Crippen molar-refractivity contribution in [3.8, 4) is 0 Å². The molecule has 1 aromatic rings. The predicted octanol–water partition coefficient (Wildman–Crippen LogP) is 3.36. The molecule has 0 heterocycles. The first-order valence-corrected chi connectivity index (χ1v) is 8.66. The van der Waals surface area contributed by atoms with Gasteiger partial charge < -0.3 is 19.5 Å². The zero-order chi connectivity index (χ0) is 16.9. The van der Waals surface area contributed by atoms with Gasteiger partial charge in [0.05, 0.1) is 39.1 Å². The molecule has 1 N–H and O–H groups in total. The van der Waals surface area contributed by atoms with Crippen molar-refractivity contribution in [2.24, 2.45) is 0 Å². The first-order valence-electron chi connectivity index (χ1n) is 8.66. The second kappa shape index (κ2) is 12.5. The maximum atomic E-state index is 5.52. The number of hydrogen-bond donors (Lipinski definition) is 1. The van der Waals surface area contributed by atoms with Crippen LogP contribution < -0.4 is 5.32 Å². The van der Waals surface area contributed by atoms with E-state index in [1.165, 1.54) is 11.1 Å². The van der Waals surface area contributed by atoms with Gasteiger partial charge in [0.1, 0.15) is 0 Å². The minimum Gasteiger partial charge on any atom is -0.378 e. The summed E-state index contributed by atoms with van der Waals surface area (Å²) in [6, 6.07) is 8.80. The quantitative estimate of drug-likeness (QED) is 0.565. The number of hydrogen-bond acceptors (Lipinski definition) is 4. The van der Waals surface area contributed by atoms with Gasteiger partial charge in [-0.15, -0.1) is 0 Å². The summed E-state index contributed by atoms with van der Waals surface area (Å²) in [5.74, 6) is 0.588. The van der Waals surface area contributed by atoms with E-state index in [0.29, 0.717) is 39.0 Å². The maximum absolute atomic E-state index is 5.52. The van der Waals surface area contributed by atoms with Crippen LogP contribution >= 0.6 is 0 Å². The zero-order valence-electron chi connectivity index (χ0n) is 15.1. The molecule has 0 unspecified atom stereocenters. The average molecular weight is 323 g/mol. The van der Waals surface area contributed by atoms with E-state index in [9.17, 15) is 0 Å². The number of ether oxygens (including phenoxy) is 3. The van der Waals surface area contributed by atoms with Crippen molar-refractivity contribution in [1.82, 2.24) is 5.32 Å². The molecule has 0 spiro atoms. The van der Waals surface area contributed by atoms with Crippen LogP contribution in [-0.2, 0) is 20.8 Å². The highest BCUT2D eigenvalue weighted by molar-refractivity contribution is 5.24. The van der Waals surface area contributed by atoms with Gasteiger partial charge in [-0.25, -0.2) is 0 Å². The molecule has 0 fully saturated rings. The highest BCUT2D eigenvalue weighted by Gasteiger charge is 1.99. The van der Waals surface area contributed by atoms with Crippen LogP contribution in [0.25, 0.3) is 0 Å². The van der Waals surface area contributed by atoms with Crippen molar-refractivity contribution >= 4 is 0 Å². The van der Waals surface area contributed by atoms with Gasteiger partial charge >= 0.3 is 0 Å². The first-order chi connectivity index (χ1) is 11.1. The molecule has 4 heteroatoms. The molecule has 0 aromatic heterocycles. The summed E-state index contributed by atoms with van der Waals surface area (Å²) in [5.41, 5.74) is 2.69. The van der Waals surface area contributed by atoms with E-state index in [1.807, 2.05) is 13.8 Å². The standard InChI is InChI=1S/C19H33NO3/c1-16(2)19-7-5-18(6-8-19)15-20-9-10-21-11-12-22-13-14-23-17(3)4/h5-8,16-17,20H,9-15H2,1-4H3. The highest BCUT2D eigenvalue weighted by atomic mass is 16.5. The van der Waals surface area contributed by atoms with Crippen molar-refractivity contribution in [3.63, 3.8) is 0 Å². The average Bonchev–Trinajstić information content (AvgIpc) is 2.52. The van der Waals surface area contributed by atoms with Crippen LogP contribution in [0, 0.1) is 0 Å². The van der Waals surface area contributed by atoms with Gasteiger partial charge in [-0.05, 0) is 30.9 Å². The molecule has 0 bridgehead atoms. The molecule has 1 rings (SSSR count). The lowest BCUT2D eigenvalue weighted by atomic mass is 10.0. The van der Waals surface area contributed by atoms with Gasteiger partial charge in [-0.2, -0.15) is 0 Å². The lowest BCUT2D eigenvalue weighted by Gasteiger charge is -2.09. The molecular formula is C19H33NO3. The third kappa shape index (κ3) is 10.4. The summed E-state index contributed by atoms with van der Waals surface area (Å²) >= 11 is 0. The summed E-state index contributed by atoms with van der Waals surface area (Å²) in [4.78, 5) is 0. The maximum Gasteiger partial charge on any atom is 0.0703 e. The third-order valence-corrected chi connectivity index (χ3v) is 3.45. The Morgan fingerprint density at radius 1 is 0.826 bits per heavy atom. The Hall–Kier alpha value is -0.940. The van der Waals surface area contributed by atoms with Gasteiger partial charge in [-0.3, -0.25) is 0 Å². The Bertz CT molecular complexity index is 390. The molecule has 0 saturated carbocycles. The molecule has 23 heavy (non-hydrogen) atoms. The minimum absolute atomic E-state index is 0.266. The van der Waals surface area contributed by atoms with Crippen molar-refractivity contribution in [2.45, 2.75) is 46.3 Å². The van der Waals surface area contributed by atoms with E-state index in [1.54, 1.807) is 0 Å². The fraction of sp³-hybridized carbons (Fsp3) is 0.684. The molecule has 0 atom stereocenters. The summed E-state index contributed by atoms with van der Waals surface area (Å²) in [5, 5.41) is 3.39. The SMILES string of the molecule is CC(C)OCCOCCOCCNCc1ccc(C(C)C)cc1. The second-order valence-corrected chi connectivity index (χ2v) is 6.22. The third-order valence-electron chi connectivity index (χ3n) is 3.45. The van der Waals surface area contributed by atoms with Gasteiger partial charge in [0.2, 0.25) is 0 Å². The smallest absolute Gasteiger partial charge is 0.0703 e. The Labute approximate surface area is 141 Å². The lowest BCUT2D eigenvalue weighted by Crippen LogP contribution is -2.20. The summed E-state index contributed by atoms with van der Waals surface area (Å²) < 4.78 is 16.3. The number of nitrogens with one attached hydrogen (secondary N) is 1. The molecule has 0 amide bonds. The summed E-state index contributed by atoms with van der Waals surface area (Å²) in [7, 11) is 0. The van der Waals surface area contributed by atoms with Crippen LogP contribution in [0.2, 0.25) is 0 Å². The van der Waals surface area contributed by atoms with Crippen LogP contribution in [0.1, 0.15) is 44.7 Å². The zero-order valence-corrected chi connectivity index (χ0v) is 15.1. The fourth-order valence-electron chi connectivity index (χ4n) is 2.06. The molecule has 132 valence electrons. The minimum atomic E-state index is 0.266. The largest absolute Gasteiger partial charge is 0.378 e. The molecular weight excluding hydrogens is 290 g/mol. The van der Waals surface area contributed by atoms with Gasteiger partial charge in [0.25, 0.3) is 0 Å². The van der Waals surface area contributed by atoms with Gasteiger partial charge in [-0.1, -0.05) is 38.1 Å². The molecule has 1 aromatic carbocycles. The molecule has 0 saturated heterocycles. The first kappa shape index (κ1) is 20.1. The van der Waals surface area contributed by atoms with Crippen molar-refractivity contribution < 1.29 is 14.2 Å². The highest BCUT2D eigenvalue weighted by Crippen LogP contribution is 2.14. The van der Waals surface area contributed by atoms with Gasteiger partial charge in [0.15, 0.2) is 0 Å². The van der Waals surface area contributed by atoms with E-state index >= 15 is 0 Å². The number of rotatable bonds is 13. The van der Waals surface area contributed by atoms with Crippen LogP contribution in [0.15, 0.2) is 24.3 Å².